The molecule has 10 heteroatoms. The predicted molar refractivity (Wildman–Crippen MR) is 144 cm³/mol. The van der Waals surface area contributed by atoms with Crippen molar-refractivity contribution in [2.45, 2.75) is 19.4 Å². The van der Waals surface area contributed by atoms with Crippen molar-refractivity contribution in [3.8, 4) is 28.6 Å². The van der Waals surface area contributed by atoms with E-state index in [1.807, 2.05) is 30.3 Å². The van der Waals surface area contributed by atoms with E-state index in [0.717, 1.165) is 49.2 Å². The van der Waals surface area contributed by atoms with Gasteiger partial charge in [0.15, 0.2) is 18.1 Å². The number of aromatic nitrogens is 2. The maximum absolute atomic E-state index is 12.4. The van der Waals surface area contributed by atoms with Gasteiger partial charge in [-0.1, -0.05) is 41.4 Å². The Hall–Kier alpha value is -3.07. The first-order chi connectivity index (χ1) is 18.0. The van der Waals surface area contributed by atoms with Crippen LogP contribution in [0.25, 0.3) is 11.1 Å². The van der Waals surface area contributed by atoms with Gasteiger partial charge in [0, 0.05) is 37.6 Å². The SMILES string of the molecule is COc1ccc(-c2cnc(OCC(=O)NCC3CCCN(Cc4cccc(Cl)c4Cl)C3)nc2)cc1OC. The number of hydrogen-bond donors (Lipinski definition) is 1. The van der Waals surface area contributed by atoms with E-state index in [0.29, 0.717) is 34.0 Å². The minimum Gasteiger partial charge on any atom is -0.493 e. The van der Waals surface area contributed by atoms with Crippen molar-refractivity contribution in [1.29, 1.82) is 0 Å². The first-order valence-electron chi connectivity index (χ1n) is 12.1. The van der Waals surface area contributed by atoms with E-state index in [1.165, 1.54) is 0 Å². The topological polar surface area (TPSA) is 85.8 Å². The summed E-state index contributed by atoms with van der Waals surface area (Å²) < 4.78 is 16.1. The van der Waals surface area contributed by atoms with E-state index < -0.39 is 0 Å². The van der Waals surface area contributed by atoms with Gasteiger partial charge in [0.1, 0.15) is 0 Å². The standard InChI is InChI=1S/C27H30Cl2N4O4/c1-35-23-9-8-19(11-24(23)36-2)21-13-31-27(32-14-21)37-17-25(34)30-12-18-5-4-10-33(15-18)16-20-6-3-7-22(28)26(20)29/h3,6-9,11,13-14,18H,4-5,10,12,15-17H2,1-2H3,(H,30,34). The van der Waals surface area contributed by atoms with Gasteiger partial charge >= 0.3 is 6.01 Å². The summed E-state index contributed by atoms with van der Waals surface area (Å²) in [6.07, 6.45) is 5.41. The Bertz CT molecular complexity index is 1210. The summed E-state index contributed by atoms with van der Waals surface area (Å²) in [5, 5.41) is 4.15. The zero-order valence-corrected chi connectivity index (χ0v) is 22.4. The van der Waals surface area contributed by atoms with Gasteiger partial charge in [-0.2, -0.15) is 0 Å². The Morgan fingerprint density at radius 1 is 1.08 bits per heavy atom. The molecule has 1 unspecified atom stereocenters. The van der Waals surface area contributed by atoms with Gasteiger partial charge in [-0.15, -0.1) is 0 Å². The number of benzene rings is 2. The average molecular weight is 545 g/mol. The fourth-order valence-electron chi connectivity index (χ4n) is 4.37. The number of carbonyl (C=O) groups is 1. The molecule has 0 spiro atoms. The Balaban J connectivity index is 1.23. The number of amides is 1. The van der Waals surface area contributed by atoms with Crippen LogP contribution in [0.1, 0.15) is 18.4 Å². The maximum atomic E-state index is 12.4. The van der Waals surface area contributed by atoms with Gasteiger partial charge in [0.2, 0.25) is 0 Å². The fourth-order valence-corrected chi connectivity index (χ4v) is 4.75. The molecule has 2 heterocycles. The monoisotopic (exact) mass is 544 g/mol. The number of ether oxygens (including phenoxy) is 3. The number of rotatable bonds is 10. The minimum absolute atomic E-state index is 0.140. The van der Waals surface area contributed by atoms with Gasteiger partial charge in [0.25, 0.3) is 5.91 Å². The molecule has 2 aromatic carbocycles. The summed E-state index contributed by atoms with van der Waals surface area (Å²) in [7, 11) is 3.17. The summed E-state index contributed by atoms with van der Waals surface area (Å²) in [5.74, 6) is 1.41. The van der Waals surface area contributed by atoms with Crippen LogP contribution < -0.4 is 19.5 Å². The van der Waals surface area contributed by atoms with Crippen molar-refractivity contribution < 1.29 is 19.0 Å². The Morgan fingerprint density at radius 3 is 2.62 bits per heavy atom. The van der Waals surface area contributed by atoms with Crippen LogP contribution in [0.2, 0.25) is 10.0 Å². The molecule has 0 radical (unpaired) electrons. The number of carbonyl (C=O) groups excluding carboxylic acids is 1. The molecule has 0 saturated carbocycles. The molecule has 37 heavy (non-hydrogen) atoms. The smallest absolute Gasteiger partial charge is 0.316 e. The van der Waals surface area contributed by atoms with E-state index in [2.05, 4.69) is 20.2 Å². The van der Waals surface area contributed by atoms with Crippen LogP contribution in [-0.2, 0) is 11.3 Å². The third kappa shape index (κ3) is 7.25. The molecular weight excluding hydrogens is 515 g/mol. The van der Waals surface area contributed by atoms with Crippen LogP contribution in [0, 0.1) is 5.92 Å². The van der Waals surface area contributed by atoms with E-state index in [4.69, 9.17) is 37.4 Å². The van der Waals surface area contributed by atoms with E-state index in [9.17, 15) is 4.79 Å². The van der Waals surface area contributed by atoms with Gasteiger partial charge in [-0.05, 0) is 54.6 Å². The van der Waals surface area contributed by atoms with Crippen molar-refractivity contribution in [3.05, 3.63) is 64.4 Å². The Morgan fingerprint density at radius 2 is 1.86 bits per heavy atom. The number of halogens is 2. The third-order valence-corrected chi connectivity index (χ3v) is 7.15. The average Bonchev–Trinajstić information content (AvgIpc) is 2.93. The van der Waals surface area contributed by atoms with E-state index in [1.54, 1.807) is 32.7 Å². The molecule has 1 N–H and O–H groups in total. The molecule has 1 aromatic heterocycles. The highest BCUT2D eigenvalue weighted by Crippen LogP contribution is 2.32. The lowest BCUT2D eigenvalue weighted by molar-refractivity contribution is -0.123. The largest absolute Gasteiger partial charge is 0.493 e. The second kappa shape index (κ2) is 12.9. The maximum Gasteiger partial charge on any atom is 0.316 e. The second-order valence-electron chi connectivity index (χ2n) is 8.87. The zero-order chi connectivity index (χ0) is 26.2. The summed E-state index contributed by atoms with van der Waals surface area (Å²) in [5.41, 5.74) is 2.68. The van der Waals surface area contributed by atoms with Crippen LogP contribution in [0.5, 0.6) is 17.5 Å². The highest BCUT2D eigenvalue weighted by Gasteiger charge is 2.21. The molecule has 3 aromatic rings. The van der Waals surface area contributed by atoms with Crippen LogP contribution in [0.15, 0.2) is 48.8 Å². The Labute approximate surface area is 226 Å². The van der Waals surface area contributed by atoms with Crippen molar-refractivity contribution in [2.75, 3.05) is 40.5 Å². The number of piperidine rings is 1. The summed E-state index contributed by atoms with van der Waals surface area (Å²) >= 11 is 12.5. The molecular formula is C27H30Cl2N4O4. The van der Waals surface area contributed by atoms with Crippen molar-refractivity contribution >= 4 is 29.1 Å². The van der Waals surface area contributed by atoms with Crippen LogP contribution in [0.4, 0.5) is 0 Å². The van der Waals surface area contributed by atoms with Crippen LogP contribution in [0.3, 0.4) is 0 Å². The first-order valence-corrected chi connectivity index (χ1v) is 12.8. The van der Waals surface area contributed by atoms with Gasteiger partial charge in [-0.25, -0.2) is 9.97 Å². The molecule has 4 rings (SSSR count). The first kappa shape index (κ1) is 27.0. The van der Waals surface area contributed by atoms with E-state index in [-0.39, 0.29) is 18.5 Å². The molecule has 1 aliphatic heterocycles. The highest BCUT2D eigenvalue weighted by molar-refractivity contribution is 6.42. The molecule has 0 aliphatic carbocycles. The van der Waals surface area contributed by atoms with Crippen molar-refractivity contribution in [1.82, 2.24) is 20.2 Å². The molecule has 1 amide bonds. The highest BCUT2D eigenvalue weighted by atomic mass is 35.5. The molecule has 1 aliphatic rings. The fraction of sp³-hybridized carbons (Fsp3) is 0.370. The molecule has 1 saturated heterocycles. The van der Waals surface area contributed by atoms with Gasteiger partial charge in [0.05, 0.1) is 24.3 Å². The van der Waals surface area contributed by atoms with Crippen LogP contribution >= 0.6 is 23.2 Å². The van der Waals surface area contributed by atoms with Gasteiger partial charge < -0.3 is 19.5 Å². The van der Waals surface area contributed by atoms with Crippen LogP contribution in [-0.4, -0.2) is 61.2 Å². The summed E-state index contributed by atoms with van der Waals surface area (Å²) in [6, 6.07) is 11.4. The number of nitrogens with one attached hydrogen (secondary N) is 1. The molecule has 196 valence electrons. The van der Waals surface area contributed by atoms with Crippen molar-refractivity contribution in [2.24, 2.45) is 5.92 Å². The van der Waals surface area contributed by atoms with E-state index >= 15 is 0 Å². The third-order valence-electron chi connectivity index (χ3n) is 6.29. The number of nitrogens with zero attached hydrogens (tertiary/aromatic N) is 3. The second-order valence-corrected chi connectivity index (χ2v) is 9.66. The van der Waals surface area contributed by atoms with Gasteiger partial charge in [-0.3, -0.25) is 9.69 Å². The summed E-state index contributed by atoms with van der Waals surface area (Å²) in [6.45, 7) is 3.05. The lowest BCUT2D eigenvalue weighted by Crippen LogP contribution is -2.41. The lowest BCUT2D eigenvalue weighted by atomic mass is 9.97. The predicted octanol–water partition coefficient (Wildman–Crippen LogP) is 4.87. The number of likely N-dealkylation sites (tertiary alicyclic amines) is 1. The molecule has 8 nitrogen and oxygen atoms in total. The minimum atomic E-state index is -0.206. The summed E-state index contributed by atoms with van der Waals surface area (Å²) in [4.78, 5) is 23.2. The van der Waals surface area contributed by atoms with Crippen molar-refractivity contribution in [3.63, 3.8) is 0 Å². The lowest BCUT2D eigenvalue weighted by Gasteiger charge is -2.33. The number of hydrogen-bond acceptors (Lipinski definition) is 7. The zero-order valence-electron chi connectivity index (χ0n) is 20.9. The normalized spacial score (nSPS) is 15.7. The quantitative estimate of drug-likeness (QED) is 0.389. The number of methoxy groups -OCH3 is 2. The Kier molecular flexibility index (Phi) is 9.44. The molecule has 1 atom stereocenters. The molecule has 1 fully saturated rings. The molecule has 0 bridgehead atoms.